The number of rotatable bonds is 5. The molecule has 0 radical (unpaired) electrons. The normalized spacial score (nSPS) is 15.7. The first-order valence-corrected chi connectivity index (χ1v) is 8.73. The van der Waals surface area contributed by atoms with E-state index in [-0.39, 0.29) is 10.7 Å². The lowest BCUT2D eigenvalue weighted by molar-refractivity contribution is -0.122. The molecule has 0 aliphatic carbocycles. The Morgan fingerprint density at radius 1 is 1.15 bits per heavy atom. The number of anilines is 1. The third kappa shape index (κ3) is 3.83. The smallest absolute Gasteiger partial charge is 0.270 e. The van der Waals surface area contributed by atoms with Crippen molar-refractivity contribution in [1.29, 1.82) is 0 Å². The number of nitrogens with one attached hydrogen (secondary N) is 1. The maximum Gasteiger partial charge on any atom is 0.270 e. The van der Waals surface area contributed by atoms with Crippen LogP contribution in [0.15, 0.2) is 54.1 Å². The molecule has 0 bridgehead atoms. The number of carbonyl (C=O) groups excluding carboxylic acids is 2. The summed E-state index contributed by atoms with van der Waals surface area (Å²) in [4.78, 5) is 26.7. The van der Waals surface area contributed by atoms with Gasteiger partial charge in [0.2, 0.25) is 0 Å². The number of ether oxygens (including phenoxy) is 2. The molecule has 2 amide bonds. The Bertz CT molecular complexity index is 939. The zero-order valence-electron chi connectivity index (χ0n) is 14.9. The standard InChI is InChI=1S/C20H18N2O4S/c1-3-26-15-9-6-8-14(12-15)22-19(24)16(18(23)21-20(22)27)11-13-7-4-5-10-17(13)25-2/h4-12H,3H2,1-2H3,(H,21,23,27). The molecule has 2 aromatic rings. The molecular formula is C20H18N2O4S. The molecule has 1 heterocycles. The van der Waals surface area contributed by atoms with E-state index in [9.17, 15) is 9.59 Å². The van der Waals surface area contributed by atoms with Gasteiger partial charge < -0.3 is 9.47 Å². The summed E-state index contributed by atoms with van der Waals surface area (Å²) >= 11 is 5.22. The molecule has 0 unspecified atom stereocenters. The molecule has 0 atom stereocenters. The number of thiocarbonyl (C=S) groups is 1. The van der Waals surface area contributed by atoms with Crippen molar-refractivity contribution in [1.82, 2.24) is 5.32 Å². The number of hydrogen-bond acceptors (Lipinski definition) is 5. The predicted octanol–water partition coefficient (Wildman–Crippen LogP) is 2.93. The number of hydrogen-bond donors (Lipinski definition) is 1. The van der Waals surface area contributed by atoms with Crippen molar-refractivity contribution >= 4 is 40.9 Å². The number of amides is 2. The van der Waals surface area contributed by atoms with E-state index in [1.165, 1.54) is 18.1 Å². The summed E-state index contributed by atoms with van der Waals surface area (Å²) in [6.45, 7) is 2.37. The Hall–Kier alpha value is -3.19. The quantitative estimate of drug-likeness (QED) is 0.489. The number of para-hydroxylation sites is 1. The third-order valence-corrected chi connectivity index (χ3v) is 4.21. The van der Waals surface area contributed by atoms with Crippen molar-refractivity contribution < 1.29 is 19.1 Å². The predicted molar refractivity (Wildman–Crippen MR) is 107 cm³/mol. The van der Waals surface area contributed by atoms with Crippen LogP contribution in [0.3, 0.4) is 0 Å². The van der Waals surface area contributed by atoms with Crippen LogP contribution in [-0.4, -0.2) is 30.6 Å². The van der Waals surface area contributed by atoms with E-state index in [1.807, 2.05) is 13.0 Å². The largest absolute Gasteiger partial charge is 0.496 e. The third-order valence-electron chi connectivity index (χ3n) is 3.93. The first-order chi connectivity index (χ1) is 13.0. The number of carbonyl (C=O) groups is 2. The Labute approximate surface area is 162 Å². The summed E-state index contributed by atoms with van der Waals surface area (Å²) < 4.78 is 10.8. The molecule has 0 saturated carbocycles. The van der Waals surface area contributed by atoms with Crippen LogP contribution in [0.25, 0.3) is 6.08 Å². The second-order valence-corrected chi connectivity index (χ2v) is 6.02. The summed E-state index contributed by atoms with van der Waals surface area (Å²) in [5.74, 6) is 0.109. The molecule has 138 valence electrons. The molecule has 6 nitrogen and oxygen atoms in total. The summed E-state index contributed by atoms with van der Waals surface area (Å²) in [6, 6.07) is 14.1. The van der Waals surface area contributed by atoms with Crippen LogP contribution >= 0.6 is 12.2 Å². The highest BCUT2D eigenvalue weighted by molar-refractivity contribution is 7.80. The van der Waals surface area contributed by atoms with Crippen molar-refractivity contribution in [3.63, 3.8) is 0 Å². The zero-order valence-corrected chi connectivity index (χ0v) is 15.7. The zero-order chi connectivity index (χ0) is 19.4. The van der Waals surface area contributed by atoms with Crippen LogP contribution < -0.4 is 19.7 Å². The second kappa shape index (κ2) is 8.01. The van der Waals surface area contributed by atoms with Gasteiger partial charge in [0.25, 0.3) is 11.8 Å². The highest BCUT2D eigenvalue weighted by Gasteiger charge is 2.34. The van der Waals surface area contributed by atoms with Crippen LogP contribution in [0.4, 0.5) is 5.69 Å². The van der Waals surface area contributed by atoms with Gasteiger partial charge >= 0.3 is 0 Å². The maximum atomic E-state index is 13.0. The molecule has 1 N–H and O–H groups in total. The minimum absolute atomic E-state index is 0.0239. The first-order valence-electron chi connectivity index (χ1n) is 8.32. The van der Waals surface area contributed by atoms with E-state index >= 15 is 0 Å². The topological polar surface area (TPSA) is 67.9 Å². The Morgan fingerprint density at radius 2 is 1.93 bits per heavy atom. The Kier molecular flexibility index (Phi) is 5.52. The fraction of sp³-hybridized carbons (Fsp3) is 0.150. The molecule has 0 aromatic heterocycles. The summed E-state index contributed by atoms with van der Waals surface area (Å²) in [5, 5.41) is 2.59. The lowest BCUT2D eigenvalue weighted by atomic mass is 10.1. The van der Waals surface area contributed by atoms with E-state index < -0.39 is 11.8 Å². The van der Waals surface area contributed by atoms with Gasteiger partial charge in [0, 0.05) is 11.6 Å². The minimum Gasteiger partial charge on any atom is -0.496 e. The molecule has 1 aliphatic rings. The number of benzene rings is 2. The average Bonchev–Trinajstić information content (AvgIpc) is 2.66. The molecule has 1 saturated heterocycles. The molecule has 3 rings (SSSR count). The number of methoxy groups -OCH3 is 1. The van der Waals surface area contributed by atoms with Crippen LogP contribution in [0.5, 0.6) is 11.5 Å². The molecule has 7 heteroatoms. The summed E-state index contributed by atoms with van der Waals surface area (Å²) in [6.07, 6.45) is 1.50. The van der Waals surface area contributed by atoms with Crippen molar-refractivity contribution in [2.24, 2.45) is 0 Å². The van der Waals surface area contributed by atoms with Gasteiger partial charge in [0.1, 0.15) is 17.1 Å². The average molecular weight is 382 g/mol. The SMILES string of the molecule is CCOc1cccc(N2C(=O)C(=Cc3ccccc3OC)C(=O)NC2=S)c1. The summed E-state index contributed by atoms with van der Waals surface area (Å²) in [5.41, 5.74) is 1.10. The van der Waals surface area contributed by atoms with E-state index in [1.54, 1.807) is 42.5 Å². The molecule has 0 spiro atoms. The van der Waals surface area contributed by atoms with Crippen LogP contribution in [0.1, 0.15) is 12.5 Å². The lowest BCUT2D eigenvalue weighted by Gasteiger charge is -2.29. The second-order valence-electron chi connectivity index (χ2n) is 5.63. The van der Waals surface area contributed by atoms with Gasteiger partial charge in [0.05, 0.1) is 19.4 Å². The van der Waals surface area contributed by atoms with Gasteiger partial charge in [-0.25, -0.2) is 0 Å². The van der Waals surface area contributed by atoms with Gasteiger partial charge in [-0.05, 0) is 43.4 Å². The van der Waals surface area contributed by atoms with E-state index in [0.717, 1.165) is 0 Å². The van der Waals surface area contributed by atoms with Gasteiger partial charge in [-0.1, -0.05) is 24.3 Å². The summed E-state index contributed by atoms with van der Waals surface area (Å²) in [7, 11) is 1.53. The highest BCUT2D eigenvalue weighted by Crippen LogP contribution is 2.27. The lowest BCUT2D eigenvalue weighted by Crippen LogP contribution is -2.54. The van der Waals surface area contributed by atoms with Crippen molar-refractivity contribution in [3.05, 3.63) is 59.7 Å². The van der Waals surface area contributed by atoms with Crippen LogP contribution in [-0.2, 0) is 9.59 Å². The van der Waals surface area contributed by atoms with Gasteiger partial charge in [-0.15, -0.1) is 0 Å². The van der Waals surface area contributed by atoms with Crippen LogP contribution in [0.2, 0.25) is 0 Å². The van der Waals surface area contributed by atoms with Crippen molar-refractivity contribution in [2.45, 2.75) is 6.92 Å². The van der Waals surface area contributed by atoms with E-state index in [2.05, 4.69) is 5.32 Å². The first kappa shape index (κ1) is 18.6. The monoisotopic (exact) mass is 382 g/mol. The van der Waals surface area contributed by atoms with Crippen molar-refractivity contribution in [2.75, 3.05) is 18.6 Å². The van der Waals surface area contributed by atoms with Crippen molar-refractivity contribution in [3.8, 4) is 11.5 Å². The number of nitrogens with zero attached hydrogens (tertiary/aromatic N) is 1. The van der Waals surface area contributed by atoms with Gasteiger partial charge in [-0.3, -0.25) is 19.8 Å². The Morgan fingerprint density at radius 3 is 2.67 bits per heavy atom. The maximum absolute atomic E-state index is 13.0. The minimum atomic E-state index is -0.548. The molecule has 2 aromatic carbocycles. The fourth-order valence-electron chi connectivity index (χ4n) is 2.71. The molecule has 27 heavy (non-hydrogen) atoms. The van der Waals surface area contributed by atoms with Gasteiger partial charge in [-0.2, -0.15) is 0 Å². The Balaban J connectivity index is 2.01. The van der Waals surface area contributed by atoms with E-state index in [0.29, 0.717) is 29.4 Å². The molecule has 1 fully saturated rings. The van der Waals surface area contributed by atoms with E-state index in [4.69, 9.17) is 21.7 Å². The fourth-order valence-corrected chi connectivity index (χ4v) is 2.99. The molecular weight excluding hydrogens is 364 g/mol. The molecule has 1 aliphatic heterocycles. The van der Waals surface area contributed by atoms with Crippen LogP contribution in [0, 0.1) is 0 Å². The van der Waals surface area contributed by atoms with Gasteiger partial charge in [0.15, 0.2) is 5.11 Å². The highest BCUT2D eigenvalue weighted by atomic mass is 32.1.